The Bertz CT molecular complexity index is 970. The van der Waals surface area contributed by atoms with Gasteiger partial charge in [-0.25, -0.2) is 0 Å². The van der Waals surface area contributed by atoms with Crippen LogP contribution in [0.2, 0.25) is 0 Å². The molecular weight excluding hydrogens is 276 g/mol. The van der Waals surface area contributed by atoms with Crippen molar-refractivity contribution < 1.29 is 5.11 Å². The summed E-state index contributed by atoms with van der Waals surface area (Å²) in [7, 11) is 0. The fourth-order valence-corrected chi connectivity index (χ4v) is 2.38. The average molecular weight is 292 g/mol. The number of rotatable bonds is 1. The normalized spacial score (nSPS) is 12.7. The predicted octanol–water partition coefficient (Wildman–Crippen LogP) is 3.36. The van der Waals surface area contributed by atoms with Crippen LogP contribution in [0.15, 0.2) is 57.9 Å². The van der Waals surface area contributed by atoms with Gasteiger partial charge in [0.05, 0.1) is 0 Å². The third kappa shape index (κ3) is 2.37. The Labute approximate surface area is 127 Å². The van der Waals surface area contributed by atoms with E-state index >= 15 is 0 Å². The highest BCUT2D eigenvalue weighted by molar-refractivity contribution is 5.91. The number of aromatic nitrogens is 1. The monoisotopic (exact) mass is 292 g/mol. The highest BCUT2D eigenvalue weighted by atomic mass is 16.3. The number of aromatic hydroxyl groups is 1. The van der Waals surface area contributed by atoms with Crippen molar-refractivity contribution in [3.63, 3.8) is 0 Å². The van der Waals surface area contributed by atoms with Crippen LogP contribution in [0.5, 0.6) is 5.88 Å². The number of nitrogens with zero attached hydrogens (tertiary/aromatic N) is 3. The lowest BCUT2D eigenvalue weighted by Gasteiger charge is -1.93. The van der Waals surface area contributed by atoms with Gasteiger partial charge in [-0.2, -0.15) is 0 Å². The van der Waals surface area contributed by atoms with Crippen molar-refractivity contribution in [3.05, 3.63) is 58.6 Å². The average Bonchev–Trinajstić information content (AvgIpc) is 3.14. The van der Waals surface area contributed by atoms with Gasteiger partial charge < -0.3 is 10.1 Å². The molecule has 0 atom stereocenters. The molecule has 0 saturated heterocycles. The summed E-state index contributed by atoms with van der Waals surface area (Å²) >= 11 is 0. The fourth-order valence-electron chi connectivity index (χ4n) is 2.38. The van der Waals surface area contributed by atoms with E-state index in [0.717, 1.165) is 32.7 Å². The number of hydrogen-bond acceptors (Lipinski definition) is 4. The number of H-pyrrole nitrogens is 1. The van der Waals surface area contributed by atoms with Crippen LogP contribution in [0.25, 0.3) is 17.0 Å². The fraction of sp³-hybridized carbons (Fsp3) is 0.118. The zero-order chi connectivity index (χ0) is 15.5. The zero-order valence-electron chi connectivity index (χ0n) is 12.4. The summed E-state index contributed by atoms with van der Waals surface area (Å²) in [5.74, 6) is 0.165. The molecule has 0 radical (unpaired) electrons. The molecule has 3 aromatic rings. The molecule has 2 heterocycles. The second kappa shape index (κ2) is 5.81. The van der Waals surface area contributed by atoms with Crippen LogP contribution in [0.4, 0.5) is 5.69 Å². The molecule has 0 fully saturated rings. The first kappa shape index (κ1) is 14.0. The number of nitrogens with one attached hydrogen (secondary N) is 1. The van der Waals surface area contributed by atoms with Crippen molar-refractivity contribution in [1.29, 1.82) is 0 Å². The van der Waals surface area contributed by atoms with Crippen LogP contribution in [-0.2, 0) is 0 Å². The first-order valence-electron chi connectivity index (χ1n) is 7.21. The molecule has 4 rings (SSSR count). The highest BCUT2D eigenvalue weighted by Gasteiger charge is 2.07. The summed E-state index contributed by atoms with van der Waals surface area (Å²) in [5.41, 5.74) is 2.43. The van der Waals surface area contributed by atoms with E-state index in [9.17, 15) is 5.11 Å². The minimum atomic E-state index is 0.165. The Balaban J connectivity index is 0.000000693. The SMILES string of the molecule is CC.Oc1[nH]c2ccccc2c1C=c1ccc2c(c1)N=NN=2. The molecule has 1 aliphatic rings. The Hall–Kier alpha value is -2.95. The maximum Gasteiger partial charge on any atom is 0.196 e. The first-order valence-corrected chi connectivity index (χ1v) is 7.21. The van der Waals surface area contributed by atoms with Crippen LogP contribution in [0, 0.1) is 0 Å². The Morgan fingerprint density at radius 3 is 2.77 bits per heavy atom. The van der Waals surface area contributed by atoms with Crippen molar-refractivity contribution >= 4 is 22.7 Å². The lowest BCUT2D eigenvalue weighted by atomic mass is 10.1. The molecule has 5 heteroatoms. The maximum absolute atomic E-state index is 10.0. The van der Waals surface area contributed by atoms with Gasteiger partial charge in [-0.15, -0.1) is 10.2 Å². The Morgan fingerprint density at radius 2 is 1.91 bits per heavy atom. The molecule has 0 amide bonds. The van der Waals surface area contributed by atoms with Crippen molar-refractivity contribution in [3.8, 4) is 5.88 Å². The lowest BCUT2D eigenvalue weighted by molar-refractivity contribution is 0.457. The number of para-hydroxylation sites is 1. The van der Waals surface area contributed by atoms with Crippen LogP contribution < -0.4 is 10.6 Å². The summed E-state index contributed by atoms with van der Waals surface area (Å²) in [5, 5.41) is 24.2. The quantitative estimate of drug-likeness (QED) is 0.709. The molecule has 0 spiro atoms. The van der Waals surface area contributed by atoms with Crippen LogP contribution in [-0.4, -0.2) is 10.1 Å². The van der Waals surface area contributed by atoms with Gasteiger partial charge >= 0.3 is 0 Å². The molecule has 0 bridgehead atoms. The van der Waals surface area contributed by atoms with Gasteiger partial charge in [0.15, 0.2) is 5.88 Å². The van der Waals surface area contributed by atoms with Gasteiger partial charge in [0.1, 0.15) is 11.0 Å². The number of benzene rings is 2. The second-order valence-electron chi connectivity index (χ2n) is 4.61. The van der Waals surface area contributed by atoms with E-state index in [4.69, 9.17) is 0 Å². The van der Waals surface area contributed by atoms with Gasteiger partial charge in [-0.3, -0.25) is 0 Å². The third-order valence-electron chi connectivity index (χ3n) is 3.34. The standard InChI is InChI=1S/C15H10N4O.C2H6/c20-15-11(10-3-1-2-4-12(10)16-15)7-9-5-6-13-14(8-9)18-19-17-13;1-2/h1-8,16,20H;1-2H3. The van der Waals surface area contributed by atoms with E-state index in [1.807, 2.05) is 62.4 Å². The van der Waals surface area contributed by atoms with E-state index in [0.29, 0.717) is 0 Å². The van der Waals surface area contributed by atoms with Crippen molar-refractivity contribution in [1.82, 2.24) is 4.98 Å². The molecule has 0 aliphatic carbocycles. The molecule has 1 aliphatic heterocycles. The molecule has 0 unspecified atom stereocenters. The maximum atomic E-state index is 10.0. The van der Waals surface area contributed by atoms with E-state index in [2.05, 4.69) is 20.4 Å². The summed E-state index contributed by atoms with van der Waals surface area (Å²) in [6.07, 6.45) is 1.92. The van der Waals surface area contributed by atoms with Crippen molar-refractivity contribution in [2.24, 2.45) is 15.4 Å². The minimum Gasteiger partial charge on any atom is -0.494 e. The third-order valence-corrected chi connectivity index (χ3v) is 3.34. The largest absolute Gasteiger partial charge is 0.494 e. The minimum absolute atomic E-state index is 0.165. The number of fused-ring (bicyclic) bond motifs is 2. The van der Waals surface area contributed by atoms with Crippen LogP contribution in [0.1, 0.15) is 19.4 Å². The summed E-state index contributed by atoms with van der Waals surface area (Å²) in [4.78, 5) is 2.96. The molecule has 2 aromatic carbocycles. The molecule has 0 saturated carbocycles. The predicted molar refractivity (Wildman–Crippen MR) is 86.6 cm³/mol. The first-order chi connectivity index (χ1) is 10.8. The molecule has 22 heavy (non-hydrogen) atoms. The number of aromatic amines is 1. The summed E-state index contributed by atoms with van der Waals surface area (Å²) in [6, 6.07) is 13.5. The van der Waals surface area contributed by atoms with Gasteiger partial charge in [0.2, 0.25) is 0 Å². The molecule has 5 nitrogen and oxygen atoms in total. The van der Waals surface area contributed by atoms with Crippen LogP contribution in [0.3, 0.4) is 0 Å². The van der Waals surface area contributed by atoms with Crippen LogP contribution >= 0.6 is 0 Å². The Morgan fingerprint density at radius 1 is 1.09 bits per heavy atom. The number of hydrogen-bond donors (Lipinski definition) is 2. The van der Waals surface area contributed by atoms with E-state index in [1.54, 1.807) is 0 Å². The molecule has 2 N–H and O–H groups in total. The van der Waals surface area contributed by atoms with E-state index in [1.165, 1.54) is 0 Å². The summed E-state index contributed by atoms with van der Waals surface area (Å²) < 4.78 is 0. The Kier molecular flexibility index (Phi) is 3.70. The van der Waals surface area contributed by atoms with E-state index < -0.39 is 0 Å². The molecule has 110 valence electrons. The van der Waals surface area contributed by atoms with Gasteiger partial charge in [-0.05, 0) is 34.7 Å². The summed E-state index contributed by atoms with van der Waals surface area (Å²) in [6.45, 7) is 4.00. The topological polar surface area (TPSA) is 73.1 Å². The lowest BCUT2D eigenvalue weighted by Crippen LogP contribution is -2.06. The smallest absolute Gasteiger partial charge is 0.196 e. The highest BCUT2D eigenvalue weighted by Crippen LogP contribution is 2.27. The van der Waals surface area contributed by atoms with Crippen molar-refractivity contribution in [2.45, 2.75) is 13.8 Å². The second-order valence-corrected chi connectivity index (χ2v) is 4.61. The van der Waals surface area contributed by atoms with E-state index in [-0.39, 0.29) is 5.88 Å². The zero-order valence-corrected chi connectivity index (χ0v) is 12.4. The van der Waals surface area contributed by atoms with Gasteiger partial charge in [-0.1, -0.05) is 38.1 Å². The van der Waals surface area contributed by atoms with Gasteiger partial charge in [0, 0.05) is 16.5 Å². The molecular formula is C17H16N4O. The van der Waals surface area contributed by atoms with Crippen molar-refractivity contribution in [2.75, 3.05) is 0 Å². The van der Waals surface area contributed by atoms with Gasteiger partial charge in [0.25, 0.3) is 0 Å². The molecule has 1 aromatic heterocycles.